The zero-order valence-corrected chi connectivity index (χ0v) is 12.9. The summed E-state index contributed by atoms with van der Waals surface area (Å²) >= 11 is 0. The Morgan fingerprint density at radius 2 is 1.95 bits per heavy atom. The second-order valence-electron chi connectivity index (χ2n) is 5.13. The molecule has 1 unspecified atom stereocenters. The van der Waals surface area contributed by atoms with Crippen LogP contribution in [0.5, 0.6) is 5.75 Å². The number of hydrogen-bond acceptors (Lipinski definition) is 3. The van der Waals surface area contributed by atoms with Crippen molar-refractivity contribution >= 4 is 0 Å². The fourth-order valence-electron chi connectivity index (χ4n) is 1.84. The molecule has 20 heavy (non-hydrogen) atoms. The number of hydrogen-bond donors (Lipinski definition) is 1. The zero-order valence-electron chi connectivity index (χ0n) is 12.9. The van der Waals surface area contributed by atoms with Gasteiger partial charge in [-0.3, -0.25) is 0 Å². The summed E-state index contributed by atoms with van der Waals surface area (Å²) in [5.41, 5.74) is 1.25. The summed E-state index contributed by atoms with van der Waals surface area (Å²) in [6.45, 7) is 13.0. The van der Waals surface area contributed by atoms with E-state index in [2.05, 4.69) is 37.9 Å². The molecule has 3 heteroatoms. The third-order valence-electron chi connectivity index (χ3n) is 3.17. The first-order chi connectivity index (χ1) is 9.67. The molecule has 0 heterocycles. The standard InChI is InChI=1S/C17H27NO2/c1-5-11-20-16-9-7-15(8-10-16)12-18-17(14(3)4)13-19-6-2/h5,7-10,14,17-18H,1,6,11-13H2,2-4H3. The molecule has 1 aromatic rings. The summed E-state index contributed by atoms with van der Waals surface area (Å²) in [6, 6.07) is 8.54. The van der Waals surface area contributed by atoms with E-state index < -0.39 is 0 Å². The summed E-state index contributed by atoms with van der Waals surface area (Å²) < 4.78 is 11.0. The molecule has 0 spiro atoms. The number of nitrogens with one attached hydrogen (secondary N) is 1. The number of rotatable bonds is 10. The van der Waals surface area contributed by atoms with Crippen LogP contribution in [0.3, 0.4) is 0 Å². The van der Waals surface area contributed by atoms with E-state index in [-0.39, 0.29) is 0 Å². The largest absolute Gasteiger partial charge is 0.490 e. The molecule has 0 aliphatic rings. The Balaban J connectivity index is 2.44. The lowest BCUT2D eigenvalue weighted by Gasteiger charge is -2.22. The van der Waals surface area contributed by atoms with Crippen LogP contribution in [-0.2, 0) is 11.3 Å². The van der Waals surface area contributed by atoms with Gasteiger partial charge >= 0.3 is 0 Å². The summed E-state index contributed by atoms with van der Waals surface area (Å²) in [6.07, 6.45) is 1.75. The van der Waals surface area contributed by atoms with Crippen LogP contribution in [-0.4, -0.2) is 25.9 Å². The van der Waals surface area contributed by atoms with Crippen LogP contribution in [0, 0.1) is 5.92 Å². The van der Waals surface area contributed by atoms with Gasteiger partial charge in [-0.25, -0.2) is 0 Å². The Morgan fingerprint density at radius 3 is 2.50 bits per heavy atom. The highest BCUT2D eigenvalue weighted by Crippen LogP contribution is 2.13. The van der Waals surface area contributed by atoms with Gasteiger partial charge < -0.3 is 14.8 Å². The minimum atomic E-state index is 0.381. The summed E-state index contributed by atoms with van der Waals surface area (Å²) in [4.78, 5) is 0. The van der Waals surface area contributed by atoms with Crippen LogP contribution in [0.25, 0.3) is 0 Å². The van der Waals surface area contributed by atoms with E-state index >= 15 is 0 Å². The van der Waals surface area contributed by atoms with Crippen molar-refractivity contribution in [3.8, 4) is 5.75 Å². The maximum absolute atomic E-state index is 5.52. The third kappa shape index (κ3) is 6.22. The molecule has 0 aliphatic heterocycles. The fraction of sp³-hybridized carbons (Fsp3) is 0.529. The molecule has 0 amide bonds. The van der Waals surface area contributed by atoms with E-state index in [0.29, 0.717) is 18.6 Å². The molecule has 0 saturated heterocycles. The first-order valence-electron chi connectivity index (χ1n) is 7.31. The first-order valence-corrected chi connectivity index (χ1v) is 7.31. The molecule has 0 radical (unpaired) electrons. The van der Waals surface area contributed by atoms with Gasteiger partial charge in [-0.15, -0.1) is 0 Å². The molecule has 1 N–H and O–H groups in total. The van der Waals surface area contributed by atoms with Crippen molar-refractivity contribution in [3.63, 3.8) is 0 Å². The van der Waals surface area contributed by atoms with Gasteiger partial charge in [-0.2, -0.15) is 0 Å². The average molecular weight is 277 g/mol. The Bertz CT molecular complexity index is 373. The second-order valence-corrected chi connectivity index (χ2v) is 5.13. The highest BCUT2D eigenvalue weighted by molar-refractivity contribution is 5.27. The van der Waals surface area contributed by atoms with Crippen molar-refractivity contribution < 1.29 is 9.47 Å². The topological polar surface area (TPSA) is 30.5 Å². The molecule has 1 atom stereocenters. The Morgan fingerprint density at radius 1 is 1.25 bits per heavy atom. The lowest BCUT2D eigenvalue weighted by molar-refractivity contribution is 0.108. The van der Waals surface area contributed by atoms with Crippen molar-refractivity contribution in [1.29, 1.82) is 0 Å². The Kier molecular flexibility index (Phi) is 8.00. The molecule has 1 rings (SSSR count). The molecular weight excluding hydrogens is 250 g/mol. The quantitative estimate of drug-likeness (QED) is 0.665. The minimum absolute atomic E-state index is 0.381. The summed E-state index contributed by atoms with van der Waals surface area (Å²) in [5.74, 6) is 1.43. The minimum Gasteiger partial charge on any atom is -0.490 e. The van der Waals surface area contributed by atoms with E-state index in [1.807, 2.05) is 19.1 Å². The van der Waals surface area contributed by atoms with Crippen LogP contribution >= 0.6 is 0 Å². The third-order valence-corrected chi connectivity index (χ3v) is 3.17. The van der Waals surface area contributed by atoms with Crippen molar-refractivity contribution in [1.82, 2.24) is 5.32 Å². The molecule has 0 aromatic heterocycles. The predicted octanol–water partition coefficient (Wildman–Crippen LogP) is 3.40. The van der Waals surface area contributed by atoms with Gasteiger partial charge in [0.1, 0.15) is 12.4 Å². The summed E-state index contributed by atoms with van der Waals surface area (Å²) in [7, 11) is 0. The van der Waals surface area contributed by atoms with Gasteiger partial charge in [0.25, 0.3) is 0 Å². The average Bonchev–Trinajstić information content (AvgIpc) is 2.46. The van der Waals surface area contributed by atoms with Crippen molar-refractivity contribution in [2.24, 2.45) is 5.92 Å². The summed E-state index contributed by atoms with van der Waals surface area (Å²) in [5, 5.41) is 3.55. The van der Waals surface area contributed by atoms with E-state index in [1.165, 1.54) is 5.56 Å². The molecular formula is C17H27NO2. The van der Waals surface area contributed by atoms with Crippen LogP contribution in [0.4, 0.5) is 0 Å². The molecule has 0 saturated carbocycles. The highest BCUT2D eigenvalue weighted by atomic mass is 16.5. The predicted molar refractivity (Wildman–Crippen MR) is 84.1 cm³/mol. The van der Waals surface area contributed by atoms with Crippen LogP contribution in [0.2, 0.25) is 0 Å². The number of ether oxygens (including phenoxy) is 2. The van der Waals surface area contributed by atoms with E-state index in [0.717, 1.165) is 25.5 Å². The molecule has 3 nitrogen and oxygen atoms in total. The second kappa shape index (κ2) is 9.56. The zero-order chi connectivity index (χ0) is 14.8. The van der Waals surface area contributed by atoms with Crippen LogP contribution in [0.1, 0.15) is 26.3 Å². The molecule has 0 bridgehead atoms. The van der Waals surface area contributed by atoms with Crippen molar-refractivity contribution in [3.05, 3.63) is 42.5 Å². The van der Waals surface area contributed by atoms with E-state index in [1.54, 1.807) is 6.08 Å². The fourth-order valence-corrected chi connectivity index (χ4v) is 1.84. The molecule has 1 aromatic carbocycles. The Hall–Kier alpha value is -1.32. The van der Waals surface area contributed by atoms with Crippen molar-refractivity contribution in [2.75, 3.05) is 19.8 Å². The maximum atomic E-state index is 5.52. The SMILES string of the molecule is C=CCOc1ccc(CNC(COCC)C(C)C)cc1. The molecule has 112 valence electrons. The van der Waals surface area contributed by atoms with Gasteiger partial charge in [0, 0.05) is 19.2 Å². The van der Waals surface area contributed by atoms with Crippen LogP contribution in [0.15, 0.2) is 36.9 Å². The van der Waals surface area contributed by atoms with Gasteiger partial charge in [-0.05, 0) is 30.5 Å². The Labute approximate surface area is 123 Å². The monoisotopic (exact) mass is 277 g/mol. The first kappa shape index (κ1) is 16.7. The van der Waals surface area contributed by atoms with Crippen LogP contribution < -0.4 is 10.1 Å². The highest BCUT2D eigenvalue weighted by Gasteiger charge is 2.12. The van der Waals surface area contributed by atoms with Gasteiger partial charge in [0.2, 0.25) is 0 Å². The van der Waals surface area contributed by atoms with Gasteiger partial charge in [0.15, 0.2) is 0 Å². The van der Waals surface area contributed by atoms with E-state index in [9.17, 15) is 0 Å². The smallest absolute Gasteiger partial charge is 0.119 e. The van der Waals surface area contributed by atoms with Gasteiger partial charge in [0.05, 0.1) is 6.61 Å². The van der Waals surface area contributed by atoms with Crippen molar-refractivity contribution in [2.45, 2.75) is 33.4 Å². The molecule has 0 fully saturated rings. The van der Waals surface area contributed by atoms with Gasteiger partial charge in [-0.1, -0.05) is 38.6 Å². The lowest BCUT2D eigenvalue weighted by Crippen LogP contribution is -2.37. The normalized spacial score (nSPS) is 12.4. The lowest BCUT2D eigenvalue weighted by atomic mass is 10.0. The molecule has 0 aliphatic carbocycles. The number of benzene rings is 1. The maximum Gasteiger partial charge on any atom is 0.119 e. The van der Waals surface area contributed by atoms with E-state index in [4.69, 9.17) is 9.47 Å².